The summed E-state index contributed by atoms with van der Waals surface area (Å²) in [5.41, 5.74) is 0.0458. The average molecular weight is 414 g/mol. The van der Waals surface area contributed by atoms with Crippen LogP contribution in [0.3, 0.4) is 0 Å². The molecule has 158 valence electrons. The minimum atomic E-state index is -3.97. The van der Waals surface area contributed by atoms with Gasteiger partial charge in [-0.05, 0) is 39.7 Å². The third-order valence-corrected chi connectivity index (χ3v) is 5.53. The molecule has 0 saturated heterocycles. The monoisotopic (exact) mass is 414 g/mol. The Balaban J connectivity index is 2.55. The van der Waals surface area contributed by atoms with Crippen LogP contribution in [-0.2, 0) is 25.0 Å². The fourth-order valence-corrected chi connectivity index (χ4v) is 3.85. The number of alkyl carbamates (subject to hydrolysis) is 1. The maximum atomic E-state index is 12.7. The molecule has 2 N–H and O–H groups in total. The zero-order valence-corrected chi connectivity index (χ0v) is 18.0. The van der Waals surface area contributed by atoms with Crippen LogP contribution in [0, 0.1) is 0 Å². The Labute approximate surface area is 166 Å². The summed E-state index contributed by atoms with van der Waals surface area (Å²) in [6.45, 7) is 8.75. The van der Waals surface area contributed by atoms with Crippen molar-refractivity contribution < 1.29 is 27.9 Å². The molecule has 0 unspecified atom stereocenters. The van der Waals surface area contributed by atoms with Gasteiger partial charge in [-0.15, -0.1) is 0 Å². The molecule has 0 aliphatic carbocycles. The number of carbonyl (C=O) groups is 2. The normalized spacial score (nSPS) is 12.7. The van der Waals surface area contributed by atoms with Gasteiger partial charge in [0, 0.05) is 12.6 Å². The zero-order chi connectivity index (χ0) is 21.2. The number of hydrogen-bond donors (Lipinski definition) is 2. The van der Waals surface area contributed by atoms with Crippen molar-refractivity contribution in [1.82, 2.24) is 10.6 Å². The lowest BCUT2D eigenvalue weighted by atomic mass is 10.2. The van der Waals surface area contributed by atoms with Gasteiger partial charge < -0.3 is 15.4 Å². The van der Waals surface area contributed by atoms with Gasteiger partial charge >= 0.3 is 19.3 Å². The molecule has 2 amide bonds. The Morgan fingerprint density at radius 2 is 1.61 bits per heavy atom. The second-order valence-corrected chi connectivity index (χ2v) is 8.63. The van der Waals surface area contributed by atoms with Crippen molar-refractivity contribution in [3.8, 4) is 0 Å². The van der Waals surface area contributed by atoms with Gasteiger partial charge in [-0.25, -0.2) is 9.36 Å². The number of ether oxygens (including phenoxy) is 1. The lowest BCUT2D eigenvalue weighted by Gasteiger charge is -2.23. The predicted octanol–water partition coefficient (Wildman–Crippen LogP) is 4.44. The fourth-order valence-electron chi connectivity index (χ4n) is 2.21. The molecule has 9 heteroatoms. The average Bonchev–Trinajstić information content (AvgIpc) is 2.62. The Hall–Kier alpha value is -1.89. The Kier molecular flexibility index (Phi) is 10.2. The zero-order valence-electron chi connectivity index (χ0n) is 17.1. The standard InChI is InChI=1S/C19H31N2O6P/c1-6-17(21-18(22)25-13-16-10-8-7-9-11-16)12-20-19(23)28(24,26-14(2)3)27-15(4)5/h7-11,14-15,17H,6,12-13H2,1-5H3,(H,20,23)(H,21,22)/t17-/m0/s1. The second kappa shape index (κ2) is 11.8. The first-order chi connectivity index (χ1) is 13.2. The molecule has 0 aromatic heterocycles. The first-order valence-corrected chi connectivity index (χ1v) is 10.9. The number of amides is 2. The number of hydrogen-bond acceptors (Lipinski definition) is 6. The molecule has 0 aliphatic heterocycles. The van der Waals surface area contributed by atoms with E-state index in [0.29, 0.717) is 6.42 Å². The van der Waals surface area contributed by atoms with Crippen molar-refractivity contribution in [2.45, 2.75) is 65.9 Å². The predicted molar refractivity (Wildman–Crippen MR) is 107 cm³/mol. The molecule has 8 nitrogen and oxygen atoms in total. The summed E-state index contributed by atoms with van der Waals surface area (Å²) in [5, 5.41) is 5.22. The largest absolute Gasteiger partial charge is 0.445 e. The van der Waals surface area contributed by atoms with Crippen LogP contribution in [0.1, 0.15) is 46.6 Å². The van der Waals surface area contributed by atoms with Crippen molar-refractivity contribution in [1.29, 1.82) is 0 Å². The first kappa shape index (κ1) is 24.1. The molecule has 28 heavy (non-hydrogen) atoms. The Morgan fingerprint density at radius 3 is 2.11 bits per heavy atom. The van der Waals surface area contributed by atoms with E-state index in [0.717, 1.165) is 5.56 Å². The minimum Gasteiger partial charge on any atom is -0.445 e. The maximum absolute atomic E-state index is 12.7. The third kappa shape index (κ3) is 8.87. The summed E-state index contributed by atoms with van der Waals surface area (Å²) in [4.78, 5) is 24.4. The minimum absolute atomic E-state index is 0.0721. The smallest absolute Gasteiger partial charge is 0.418 e. The quantitative estimate of drug-likeness (QED) is 0.519. The van der Waals surface area contributed by atoms with Gasteiger partial charge in [-0.1, -0.05) is 37.3 Å². The van der Waals surface area contributed by atoms with Crippen molar-refractivity contribution in [2.75, 3.05) is 6.54 Å². The lowest BCUT2D eigenvalue weighted by Crippen LogP contribution is -2.43. The molecular weight excluding hydrogens is 383 g/mol. The van der Waals surface area contributed by atoms with Gasteiger partial charge in [0.1, 0.15) is 6.61 Å². The van der Waals surface area contributed by atoms with Gasteiger partial charge in [-0.2, -0.15) is 0 Å². The van der Waals surface area contributed by atoms with Crippen molar-refractivity contribution in [3.63, 3.8) is 0 Å². The summed E-state index contributed by atoms with van der Waals surface area (Å²) in [7, 11) is -3.97. The van der Waals surface area contributed by atoms with Crippen LogP contribution in [0.25, 0.3) is 0 Å². The molecule has 0 heterocycles. The van der Waals surface area contributed by atoms with Crippen molar-refractivity contribution in [2.24, 2.45) is 0 Å². The highest BCUT2D eigenvalue weighted by Gasteiger charge is 2.37. The molecule has 1 aromatic carbocycles. The van der Waals surface area contributed by atoms with Crippen molar-refractivity contribution >= 4 is 19.3 Å². The van der Waals surface area contributed by atoms with Crippen LogP contribution in [-0.4, -0.2) is 36.5 Å². The molecule has 1 atom stereocenters. The summed E-state index contributed by atoms with van der Waals surface area (Å²) >= 11 is 0. The molecule has 0 bridgehead atoms. The molecule has 0 spiro atoms. The molecule has 0 radical (unpaired) electrons. The van der Waals surface area contributed by atoms with E-state index in [9.17, 15) is 14.2 Å². The van der Waals surface area contributed by atoms with Crippen LogP contribution in [0.4, 0.5) is 9.59 Å². The summed E-state index contributed by atoms with van der Waals surface area (Å²) in [5.74, 6) is 0. The van der Waals surface area contributed by atoms with E-state index >= 15 is 0 Å². The van der Waals surface area contributed by atoms with E-state index < -0.39 is 37.6 Å². The molecule has 0 saturated carbocycles. The van der Waals surface area contributed by atoms with Gasteiger partial charge in [0.2, 0.25) is 0 Å². The first-order valence-electron chi connectivity index (χ1n) is 9.38. The molecule has 0 fully saturated rings. The topological polar surface area (TPSA) is 103 Å². The fraction of sp³-hybridized carbons (Fsp3) is 0.579. The lowest BCUT2D eigenvalue weighted by molar-refractivity contribution is 0.135. The molecule has 0 aliphatic rings. The van der Waals surface area contributed by atoms with E-state index in [1.165, 1.54) is 0 Å². The number of nitrogens with one attached hydrogen (secondary N) is 2. The molecule has 1 aromatic rings. The van der Waals surface area contributed by atoms with E-state index in [2.05, 4.69) is 10.6 Å². The van der Waals surface area contributed by atoms with Gasteiger partial charge in [0.25, 0.3) is 0 Å². The number of benzene rings is 1. The van der Waals surface area contributed by atoms with Crippen LogP contribution in [0.2, 0.25) is 0 Å². The van der Waals surface area contributed by atoms with Crippen LogP contribution >= 0.6 is 7.60 Å². The van der Waals surface area contributed by atoms with E-state index in [4.69, 9.17) is 13.8 Å². The van der Waals surface area contributed by atoms with E-state index in [-0.39, 0.29) is 13.2 Å². The summed E-state index contributed by atoms with van der Waals surface area (Å²) < 4.78 is 28.4. The van der Waals surface area contributed by atoms with Gasteiger partial charge in [-0.3, -0.25) is 13.8 Å². The van der Waals surface area contributed by atoms with Gasteiger partial charge in [0.05, 0.1) is 12.2 Å². The number of rotatable bonds is 11. The molecule has 1 rings (SSSR count). The number of carbonyl (C=O) groups excluding carboxylic acids is 2. The van der Waals surface area contributed by atoms with Gasteiger partial charge in [0.15, 0.2) is 0 Å². The highest BCUT2D eigenvalue weighted by Crippen LogP contribution is 2.51. The highest BCUT2D eigenvalue weighted by atomic mass is 31.2. The van der Waals surface area contributed by atoms with Crippen LogP contribution in [0.15, 0.2) is 30.3 Å². The Morgan fingerprint density at radius 1 is 1.04 bits per heavy atom. The third-order valence-electron chi connectivity index (χ3n) is 3.48. The summed E-state index contributed by atoms with van der Waals surface area (Å²) in [6, 6.07) is 8.91. The van der Waals surface area contributed by atoms with E-state index in [1.807, 2.05) is 37.3 Å². The second-order valence-electron chi connectivity index (χ2n) is 6.80. The SMILES string of the molecule is CC[C@@H](CNC(=O)P(=O)(OC(C)C)OC(C)C)NC(=O)OCc1ccccc1. The van der Waals surface area contributed by atoms with E-state index in [1.54, 1.807) is 27.7 Å². The highest BCUT2D eigenvalue weighted by molar-refractivity contribution is 7.71. The maximum Gasteiger partial charge on any atom is 0.418 e. The van der Waals surface area contributed by atoms with Crippen LogP contribution < -0.4 is 10.6 Å². The van der Waals surface area contributed by atoms with Crippen LogP contribution in [0.5, 0.6) is 0 Å². The van der Waals surface area contributed by atoms with Crippen molar-refractivity contribution in [3.05, 3.63) is 35.9 Å². The Bertz CT molecular complexity index is 652. The summed E-state index contributed by atoms with van der Waals surface area (Å²) in [6.07, 6.45) is -0.932. The molecular formula is C19H31N2O6P.